The molecule has 0 aromatic carbocycles. The first-order chi connectivity index (χ1) is 12.4. The number of pyridine rings is 1. The van der Waals surface area contributed by atoms with Crippen LogP contribution in [-0.4, -0.2) is 50.2 Å². The Balaban J connectivity index is 1.61. The fourth-order valence-electron chi connectivity index (χ4n) is 3.13. The number of halogens is 3. The fraction of sp³-hybridized carbons (Fsp3) is 0.294. The topological polar surface area (TPSA) is 74.8 Å². The van der Waals surface area contributed by atoms with Crippen LogP contribution < -0.4 is 0 Å². The van der Waals surface area contributed by atoms with Gasteiger partial charge >= 0.3 is 6.18 Å². The van der Waals surface area contributed by atoms with E-state index in [2.05, 4.69) is 20.2 Å². The zero-order valence-corrected chi connectivity index (χ0v) is 13.5. The number of H-pyrrole nitrogens is 1. The average molecular weight is 361 g/mol. The lowest BCUT2D eigenvalue weighted by atomic mass is 10.0. The lowest BCUT2D eigenvalue weighted by molar-refractivity contribution is -0.148. The highest BCUT2D eigenvalue weighted by Gasteiger charge is 2.30. The van der Waals surface area contributed by atoms with Gasteiger partial charge < -0.3 is 9.88 Å². The Morgan fingerprint density at radius 3 is 2.96 bits per heavy atom. The first-order valence-corrected chi connectivity index (χ1v) is 8.04. The number of carbonyl (C=O) groups excluding carboxylic acids is 1. The monoisotopic (exact) mass is 361 g/mol. The Hall–Kier alpha value is -2.97. The quantitative estimate of drug-likeness (QED) is 0.778. The number of hydrogen-bond donors (Lipinski definition) is 1. The first kappa shape index (κ1) is 16.5. The van der Waals surface area contributed by atoms with Crippen molar-refractivity contribution >= 4 is 33.3 Å². The molecule has 0 aliphatic carbocycles. The van der Waals surface area contributed by atoms with Crippen LogP contribution in [0.25, 0.3) is 27.4 Å². The van der Waals surface area contributed by atoms with Crippen LogP contribution in [0, 0.1) is 0 Å². The van der Waals surface area contributed by atoms with E-state index in [4.69, 9.17) is 0 Å². The smallest absolute Gasteiger partial charge is 0.346 e. The minimum absolute atomic E-state index is 0.221. The zero-order chi connectivity index (χ0) is 18.3. The lowest BCUT2D eigenvalue weighted by Gasteiger charge is -2.17. The Morgan fingerprint density at radius 1 is 1.31 bits per heavy atom. The highest BCUT2D eigenvalue weighted by Crippen LogP contribution is 2.31. The molecule has 3 aromatic heterocycles. The number of aromatic amines is 1. The van der Waals surface area contributed by atoms with Crippen molar-refractivity contribution in [1.82, 2.24) is 25.1 Å². The summed E-state index contributed by atoms with van der Waals surface area (Å²) >= 11 is 0. The molecule has 9 heteroatoms. The van der Waals surface area contributed by atoms with Crippen LogP contribution in [-0.2, 0) is 4.79 Å². The summed E-state index contributed by atoms with van der Waals surface area (Å²) in [7, 11) is 0. The molecule has 1 aliphatic rings. The van der Waals surface area contributed by atoms with Crippen molar-refractivity contribution in [3.8, 4) is 0 Å². The van der Waals surface area contributed by atoms with E-state index in [0.717, 1.165) is 21.7 Å². The maximum Gasteiger partial charge on any atom is 0.389 e. The molecule has 26 heavy (non-hydrogen) atoms. The standard InChI is InChI=1S/C17H14F3N5O/c18-17(19,20)4-1-13(26)25-6-3-10(9-25)15-14-11(8-23-24-15)7-22-16-12(14)2-5-21-16/h2-3,5,7-8H,1,4,6,9H2,(H,21,22). The van der Waals surface area contributed by atoms with Gasteiger partial charge in [0.2, 0.25) is 5.91 Å². The van der Waals surface area contributed by atoms with Crippen molar-refractivity contribution in [2.75, 3.05) is 13.1 Å². The highest BCUT2D eigenvalue weighted by molar-refractivity contribution is 6.09. The molecule has 3 aromatic rings. The van der Waals surface area contributed by atoms with Crippen molar-refractivity contribution in [2.24, 2.45) is 0 Å². The van der Waals surface area contributed by atoms with E-state index in [0.29, 0.717) is 11.3 Å². The molecule has 6 nitrogen and oxygen atoms in total. The van der Waals surface area contributed by atoms with E-state index < -0.39 is 24.9 Å². The summed E-state index contributed by atoms with van der Waals surface area (Å²) < 4.78 is 37.0. The molecule has 0 radical (unpaired) electrons. The van der Waals surface area contributed by atoms with E-state index in [-0.39, 0.29) is 13.1 Å². The average Bonchev–Trinajstić information content (AvgIpc) is 3.27. The number of carbonyl (C=O) groups is 1. The molecule has 134 valence electrons. The van der Waals surface area contributed by atoms with Crippen LogP contribution in [0.4, 0.5) is 13.2 Å². The Morgan fingerprint density at radius 2 is 2.15 bits per heavy atom. The summed E-state index contributed by atoms with van der Waals surface area (Å²) in [6, 6.07) is 1.89. The minimum Gasteiger partial charge on any atom is -0.346 e. The van der Waals surface area contributed by atoms with Crippen LogP contribution in [0.3, 0.4) is 0 Å². The van der Waals surface area contributed by atoms with Crippen LogP contribution in [0.5, 0.6) is 0 Å². The third kappa shape index (κ3) is 3.00. The molecule has 4 rings (SSSR count). The van der Waals surface area contributed by atoms with Gasteiger partial charge in [-0.05, 0) is 11.6 Å². The predicted molar refractivity (Wildman–Crippen MR) is 89.0 cm³/mol. The Bertz CT molecular complexity index is 1020. The normalized spacial score (nSPS) is 15.0. The molecule has 0 atom stereocenters. The van der Waals surface area contributed by atoms with Gasteiger partial charge in [-0.3, -0.25) is 4.79 Å². The van der Waals surface area contributed by atoms with Gasteiger partial charge in [0.25, 0.3) is 0 Å². The third-order valence-corrected chi connectivity index (χ3v) is 4.41. The van der Waals surface area contributed by atoms with Crippen LogP contribution >= 0.6 is 0 Å². The van der Waals surface area contributed by atoms with Gasteiger partial charge in [0.05, 0.1) is 18.3 Å². The highest BCUT2D eigenvalue weighted by atomic mass is 19.4. The number of alkyl halides is 3. The van der Waals surface area contributed by atoms with E-state index >= 15 is 0 Å². The second-order valence-electron chi connectivity index (χ2n) is 6.14. The molecule has 0 unspecified atom stereocenters. The van der Waals surface area contributed by atoms with Gasteiger partial charge in [-0.25, -0.2) is 4.98 Å². The molecule has 1 amide bonds. The summed E-state index contributed by atoms with van der Waals surface area (Å²) in [4.78, 5) is 20.8. The van der Waals surface area contributed by atoms with Crippen molar-refractivity contribution in [3.63, 3.8) is 0 Å². The first-order valence-electron chi connectivity index (χ1n) is 8.04. The number of hydrogen-bond acceptors (Lipinski definition) is 4. The molecule has 1 N–H and O–H groups in total. The predicted octanol–water partition coefficient (Wildman–Crippen LogP) is 3.07. The minimum atomic E-state index is -4.33. The van der Waals surface area contributed by atoms with Gasteiger partial charge in [-0.2, -0.15) is 23.4 Å². The molecule has 1 aliphatic heterocycles. The molecule has 0 saturated carbocycles. The number of aromatic nitrogens is 4. The number of nitrogens with zero attached hydrogens (tertiary/aromatic N) is 4. The molecule has 0 bridgehead atoms. The second kappa shape index (κ2) is 6.08. The van der Waals surface area contributed by atoms with E-state index in [1.807, 2.05) is 12.1 Å². The van der Waals surface area contributed by atoms with E-state index in [1.54, 1.807) is 18.6 Å². The van der Waals surface area contributed by atoms with Gasteiger partial charge in [-0.1, -0.05) is 6.08 Å². The number of nitrogens with one attached hydrogen (secondary N) is 1. The van der Waals surface area contributed by atoms with Crippen LogP contribution in [0.15, 0.2) is 30.7 Å². The Labute approximate surface area is 145 Å². The maximum atomic E-state index is 12.3. The number of rotatable bonds is 3. The van der Waals surface area contributed by atoms with Crippen molar-refractivity contribution < 1.29 is 18.0 Å². The second-order valence-corrected chi connectivity index (χ2v) is 6.14. The van der Waals surface area contributed by atoms with Crippen LogP contribution in [0.1, 0.15) is 18.5 Å². The van der Waals surface area contributed by atoms with Crippen molar-refractivity contribution in [1.29, 1.82) is 0 Å². The molecule has 0 spiro atoms. The number of fused-ring (bicyclic) bond motifs is 3. The number of amides is 1. The largest absolute Gasteiger partial charge is 0.389 e. The fourth-order valence-corrected chi connectivity index (χ4v) is 3.13. The lowest BCUT2D eigenvalue weighted by Crippen LogP contribution is -2.29. The van der Waals surface area contributed by atoms with Crippen LogP contribution in [0.2, 0.25) is 0 Å². The SMILES string of the molecule is O=C(CCC(F)(F)F)N1CC=C(c2nncc3cnc4[nH]ccc4c23)C1. The van der Waals surface area contributed by atoms with E-state index in [9.17, 15) is 18.0 Å². The zero-order valence-electron chi connectivity index (χ0n) is 13.5. The third-order valence-electron chi connectivity index (χ3n) is 4.41. The van der Waals surface area contributed by atoms with Gasteiger partial charge in [0.1, 0.15) is 5.65 Å². The molecular weight excluding hydrogens is 347 g/mol. The van der Waals surface area contributed by atoms with Gasteiger partial charge in [0, 0.05) is 48.1 Å². The van der Waals surface area contributed by atoms with E-state index in [1.165, 1.54) is 4.90 Å². The van der Waals surface area contributed by atoms with Crippen molar-refractivity contribution in [2.45, 2.75) is 19.0 Å². The summed E-state index contributed by atoms with van der Waals surface area (Å²) in [5.74, 6) is -0.518. The maximum absolute atomic E-state index is 12.3. The van der Waals surface area contributed by atoms with Crippen molar-refractivity contribution in [3.05, 3.63) is 36.4 Å². The molecule has 0 fully saturated rings. The summed E-state index contributed by atoms with van der Waals surface area (Å²) in [6.45, 7) is 0.490. The summed E-state index contributed by atoms with van der Waals surface area (Å²) in [6.07, 6.45) is 0.901. The van der Waals surface area contributed by atoms with Gasteiger partial charge in [-0.15, -0.1) is 0 Å². The summed E-state index contributed by atoms with van der Waals surface area (Å²) in [5, 5.41) is 10.8. The molecule has 4 heterocycles. The Kier molecular flexibility index (Phi) is 3.86. The van der Waals surface area contributed by atoms with Gasteiger partial charge in [0.15, 0.2) is 0 Å². The molecular formula is C17H14F3N5O. The molecule has 0 saturated heterocycles. The summed E-state index contributed by atoms with van der Waals surface area (Å²) in [5.41, 5.74) is 2.11.